The highest BCUT2D eigenvalue weighted by Gasteiger charge is 2.19. The third kappa shape index (κ3) is 3.80. The van der Waals surface area contributed by atoms with Crippen LogP contribution < -0.4 is 5.32 Å². The van der Waals surface area contributed by atoms with Gasteiger partial charge in [-0.15, -0.1) is 0 Å². The maximum Gasteiger partial charge on any atom is 0.157 e. The van der Waals surface area contributed by atoms with Crippen molar-refractivity contribution in [3.63, 3.8) is 0 Å². The van der Waals surface area contributed by atoms with Crippen molar-refractivity contribution in [2.75, 3.05) is 5.75 Å². The molecule has 0 aliphatic carbocycles. The second-order valence-electron chi connectivity index (χ2n) is 5.13. The van der Waals surface area contributed by atoms with Crippen LogP contribution in [-0.4, -0.2) is 23.0 Å². The normalized spacial score (nSPS) is 25.6. The molecule has 0 bridgehead atoms. The Morgan fingerprint density at radius 2 is 2.39 bits per heavy atom. The van der Waals surface area contributed by atoms with Crippen molar-refractivity contribution in [3.8, 4) is 0 Å². The van der Waals surface area contributed by atoms with E-state index in [4.69, 9.17) is 9.41 Å². The Labute approximate surface area is 113 Å². The number of rotatable bonds is 4. The number of nitrogens with zero attached hydrogens (tertiary/aromatic N) is 1. The standard InChI is InChI=1S/C14H22N2OS/c1-10-9-18-14(16-12(10)3)15-11(2)6-7-13-5-4-8-17-13/h4-5,8,10-12H,6-7,9H2,1-3H3,(H,15,16). The van der Waals surface area contributed by atoms with E-state index < -0.39 is 0 Å². The first-order valence-electron chi connectivity index (χ1n) is 6.64. The summed E-state index contributed by atoms with van der Waals surface area (Å²) >= 11 is 1.84. The number of thioether (sulfide) groups is 1. The SMILES string of the molecule is CC(CCc1ccco1)NC1=NC(C)C(C)CS1. The number of nitrogens with one attached hydrogen (secondary N) is 1. The van der Waals surface area contributed by atoms with Gasteiger partial charge in [-0.3, -0.25) is 4.99 Å². The fourth-order valence-corrected chi connectivity index (χ4v) is 3.10. The van der Waals surface area contributed by atoms with E-state index >= 15 is 0 Å². The lowest BCUT2D eigenvalue weighted by atomic mass is 10.1. The highest BCUT2D eigenvalue weighted by atomic mass is 32.2. The Bertz CT molecular complexity index is 389. The molecular formula is C14H22N2OS. The Hall–Kier alpha value is -0.900. The summed E-state index contributed by atoms with van der Waals surface area (Å²) in [6, 6.07) is 4.84. The summed E-state index contributed by atoms with van der Waals surface area (Å²) < 4.78 is 5.34. The molecule has 100 valence electrons. The third-order valence-electron chi connectivity index (χ3n) is 3.40. The van der Waals surface area contributed by atoms with Gasteiger partial charge in [-0.2, -0.15) is 0 Å². The smallest absolute Gasteiger partial charge is 0.157 e. The molecule has 4 heteroatoms. The fourth-order valence-electron chi connectivity index (χ4n) is 1.87. The molecule has 18 heavy (non-hydrogen) atoms. The average Bonchev–Trinajstić information content (AvgIpc) is 2.84. The summed E-state index contributed by atoms with van der Waals surface area (Å²) in [5.41, 5.74) is 0. The maximum absolute atomic E-state index is 5.34. The first-order valence-corrected chi connectivity index (χ1v) is 7.63. The van der Waals surface area contributed by atoms with Gasteiger partial charge in [0, 0.05) is 18.2 Å². The van der Waals surface area contributed by atoms with Crippen molar-refractivity contribution in [1.82, 2.24) is 5.32 Å². The molecule has 0 aromatic carbocycles. The van der Waals surface area contributed by atoms with E-state index in [1.54, 1.807) is 6.26 Å². The average molecular weight is 266 g/mol. The Morgan fingerprint density at radius 3 is 3.06 bits per heavy atom. The van der Waals surface area contributed by atoms with Crippen LogP contribution in [0, 0.1) is 5.92 Å². The van der Waals surface area contributed by atoms with Crippen LogP contribution >= 0.6 is 11.8 Å². The first kappa shape index (κ1) is 13.5. The van der Waals surface area contributed by atoms with Gasteiger partial charge in [-0.05, 0) is 38.3 Å². The Balaban J connectivity index is 1.77. The van der Waals surface area contributed by atoms with Gasteiger partial charge in [0.25, 0.3) is 0 Å². The van der Waals surface area contributed by atoms with E-state index in [0.29, 0.717) is 18.0 Å². The molecule has 0 fully saturated rings. The largest absolute Gasteiger partial charge is 0.469 e. The highest BCUT2D eigenvalue weighted by molar-refractivity contribution is 8.13. The van der Waals surface area contributed by atoms with Crippen molar-refractivity contribution < 1.29 is 4.42 Å². The van der Waals surface area contributed by atoms with E-state index in [1.807, 2.05) is 23.9 Å². The van der Waals surface area contributed by atoms with E-state index in [2.05, 4.69) is 26.1 Å². The molecule has 1 N–H and O–H groups in total. The monoisotopic (exact) mass is 266 g/mol. The zero-order valence-corrected chi connectivity index (χ0v) is 12.2. The summed E-state index contributed by atoms with van der Waals surface area (Å²) in [6.07, 6.45) is 3.78. The van der Waals surface area contributed by atoms with E-state index in [-0.39, 0.29) is 0 Å². The number of hydrogen-bond donors (Lipinski definition) is 1. The fraction of sp³-hybridized carbons (Fsp3) is 0.643. The lowest BCUT2D eigenvalue weighted by molar-refractivity contribution is 0.482. The van der Waals surface area contributed by atoms with Crippen LogP contribution in [0.1, 0.15) is 33.0 Å². The van der Waals surface area contributed by atoms with Gasteiger partial charge < -0.3 is 9.73 Å². The number of aliphatic imine (C=N–C) groups is 1. The van der Waals surface area contributed by atoms with Gasteiger partial charge in [0.15, 0.2) is 5.17 Å². The molecule has 1 aliphatic heterocycles. The van der Waals surface area contributed by atoms with E-state index in [0.717, 1.165) is 29.5 Å². The van der Waals surface area contributed by atoms with Crippen LogP contribution in [0.15, 0.2) is 27.8 Å². The van der Waals surface area contributed by atoms with Gasteiger partial charge in [0.1, 0.15) is 5.76 Å². The Kier molecular flexibility index (Phi) is 4.75. The molecule has 3 nitrogen and oxygen atoms in total. The van der Waals surface area contributed by atoms with Crippen molar-refractivity contribution in [2.24, 2.45) is 10.9 Å². The molecule has 1 aromatic rings. The Morgan fingerprint density at radius 1 is 1.56 bits per heavy atom. The quantitative estimate of drug-likeness (QED) is 0.908. The van der Waals surface area contributed by atoms with Gasteiger partial charge in [-0.25, -0.2) is 0 Å². The minimum atomic E-state index is 0.432. The summed E-state index contributed by atoms with van der Waals surface area (Å²) in [7, 11) is 0. The van der Waals surface area contributed by atoms with Gasteiger partial charge in [-0.1, -0.05) is 18.7 Å². The van der Waals surface area contributed by atoms with Gasteiger partial charge in [0.05, 0.1) is 12.3 Å². The number of furan rings is 1. The van der Waals surface area contributed by atoms with Crippen molar-refractivity contribution in [3.05, 3.63) is 24.2 Å². The van der Waals surface area contributed by atoms with Crippen LogP contribution in [0.2, 0.25) is 0 Å². The molecule has 3 atom stereocenters. The molecular weight excluding hydrogens is 244 g/mol. The summed E-state index contributed by atoms with van der Waals surface area (Å²) in [5, 5.41) is 4.61. The predicted molar refractivity (Wildman–Crippen MR) is 78.1 cm³/mol. The van der Waals surface area contributed by atoms with Gasteiger partial charge in [0.2, 0.25) is 0 Å². The molecule has 2 rings (SSSR count). The molecule has 0 radical (unpaired) electrons. The third-order valence-corrected chi connectivity index (χ3v) is 4.59. The molecule has 0 saturated carbocycles. The number of amidine groups is 1. The topological polar surface area (TPSA) is 37.5 Å². The molecule has 1 aliphatic rings. The maximum atomic E-state index is 5.34. The number of hydrogen-bond acceptors (Lipinski definition) is 4. The summed E-state index contributed by atoms with van der Waals surface area (Å²) in [6.45, 7) is 6.66. The second kappa shape index (κ2) is 6.32. The van der Waals surface area contributed by atoms with Gasteiger partial charge >= 0.3 is 0 Å². The van der Waals surface area contributed by atoms with Crippen molar-refractivity contribution >= 4 is 16.9 Å². The van der Waals surface area contributed by atoms with Crippen molar-refractivity contribution in [1.29, 1.82) is 0 Å². The first-order chi connectivity index (χ1) is 8.65. The second-order valence-corrected chi connectivity index (χ2v) is 6.14. The summed E-state index contributed by atoms with van der Waals surface area (Å²) in [5.74, 6) is 2.90. The summed E-state index contributed by atoms with van der Waals surface area (Å²) in [4.78, 5) is 4.69. The predicted octanol–water partition coefficient (Wildman–Crippen LogP) is 3.32. The van der Waals surface area contributed by atoms with Crippen LogP contribution in [0.3, 0.4) is 0 Å². The molecule has 0 saturated heterocycles. The minimum absolute atomic E-state index is 0.432. The zero-order valence-electron chi connectivity index (χ0n) is 11.3. The number of aryl methyl sites for hydroxylation is 1. The molecule has 2 heterocycles. The highest BCUT2D eigenvalue weighted by Crippen LogP contribution is 2.22. The van der Waals surface area contributed by atoms with Crippen LogP contribution in [0.4, 0.5) is 0 Å². The lowest BCUT2D eigenvalue weighted by Crippen LogP contribution is -2.35. The van der Waals surface area contributed by atoms with Crippen LogP contribution in [0.25, 0.3) is 0 Å². The van der Waals surface area contributed by atoms with E-state index in [9.17, 15) is 0 Å². The lowest BCUT2D eigenvalue weighted by Gasteiger charge is -2.25. The van der Waals surface area contributed by atoms with Crippen molar-refractivity contribution in [2.45, 2.75) is 45.7 Å². The van der Waals surface area contributed by atoms with E-state index in [1.165, 1.54) is 0 Å². The minimum Gasteiger partial charge on any atom is -0.469 e. The zero-order chi connectivity index (χ0) is 13.0. The molecule has 0 amide bonds. The molecule has 3 unspecified atom stereocenters. The van der Waals surface area contributed by atoms with Crippen LogP contribution in [0.5, 0.6) is 0 Å². The molecule has 1 aromatic heterocycles. The van der Waals surface area contributed by atoms with Crippen LogP contribution in [-0.2, 0) is 6.42 Å². The molecule has 0 spiro atoms.